The summed E-state index contributed by atoms with van der Waals surface area (Å²) in [6.07, 6.45) is 0. The van der Waals surface area contributed by atoms with Crippen LogP contribution in [0.25, 0.3) is 0 Å². The topological polar surface area (TPSA) is 45.3 Å². The molecule has 0 aromatic heterocycles. The van der Waals surface area contributed by atoms with E-state index in [2.05, 4.69) is 35.2 Å². The maximum Gasteiger partial charge on any atom is 0.124 e. The van der Waals surface area contributed by atoms with Gasteiger partial charge < -0.3 is 10.1 Å². The van der Waals surface area contributed by atoms with E-state index in [1.165, 1.54) is 5.56 Å². The zero-order valence-electron chi connectivity index (χ0n) is 11.4. The van der Waals surface area contributed by atoms with Crippen LogP contribution >= 0.6 is 0 Å². The number of rotatable bonds is 5. The van der Waals surface area contributed by atoms with Crippen LogP contribution in [0.4, 0.5) is 0 Å². The van der Waals surface area contributed by atoms with E-state index in [1.54, 1.807) is 0 Å². The lowest BCUT2D eigenvalue weighted by Gasteiger charge is -2.22. The number of para-hydroxylation sites is 1. The quantitative estimate of drug-likeness (QED) is 0.739. The van der Waals surface area contributed by atoms with Crippen molar-refractivity contribution >= 4 is 0 Å². The van der Waals surface area contributed by atoms with Crippen LogP contribution in [0.1, 0.15) is 25.5 Å². The third-order valence-corrected chi connectivity index (χ3v) is 3.53. The number of nitrogens with one attached hydrogen (secondary N) is 3. The van der Waals surface area contributed by atoms with E-state index in [4.69, 9.17) is 4.74 Å². The molecule has 0 saturated carbocycles. The summed E-state index contributed by atoms with van der Waals surface area (Å²) in [5.41, 5.74) is 7.95. The van der Waals surface area contributed by atoms with Crippen LogP contribution in [0, 0.1) is 5.92 Å². The Hall–Kier alpha value is -1.10. The Labute approximate surface area is 109 Å². The molecule has 1 heterocycles. The number of benzene rings is 1. The second-order valence-electron chi connectivity index (χ2n) is 4.75. The molecule has 1 aliphatic rings. The number of hydrogen-bond donors (Lipinski definition) is 3. The minimum Gasteiger partial charge on any atom is -0.494 e. The second-order valence-corrected chi connectivity index (χ2v) is 4.75. The first-order valence-electron chi connectivity index (χ1n) is 6.65. The van der Waals surface area contributed by atoms with Crippen molar-refractivity contribution in [1.29, 1.82) is 0 Å². The SMILES string of the molecule is CCOc1ccccc1C1NNC(C)C1CNC. The van der Waals surface area contributed by atoms with Gasteiger partial charge in [0.15, 0.2) is 0 Å². The molecular weight excluding hydrogens is 226 g/mol. The standard InChI is InChI=1S/C14H23N3O/c1-4-18-13-8-6-5-7-11(13)14-12(9-15-3)10(2)16-17-14/h5-8,10,12,14-17H,4,9H2,1-3H3. The molecule has 100 valence electrons. The summed E-state index contributed by atoms with van der Waals surface area (Å²) < 4.78 is 5.72. The van der Waals surface area contributed by atoms with Crippen molar-refractivity contribution in [3.8, 4) is 5.75 Å². The number of hydrazine groups is 1. The molecule has 18 heavy (non-hydrogen) atoms. The largest absolute Gasteiger partial charge is 0.494 e. The minimum atomic E-state index is 0.287. The third kappa shape index (κ3) is 2.66. The Morgan fingerprint density at radius 2 is 2.06 bits per heavy atom. The van der Waals surface area contributed by atoms with Crippen molar-refractivity contribution in [3.63, 3.8) is 0 Å². The molecule has 1 saturated heterocycles. The lowest BCUT2D eigenvalue weighted by molar-refractivity contribution is 0.325. The molecule has 4 heteroatoms. The second kappa shape index (κ2) is 6.18. The maximum absolute atomic E-state index is 5.72. The molecule has 1 aromatic carbocycles. The lowest BCUT2D eigenvalue weighted by atomic mass is 9.90. The van der Waals surface area contributed by atoms with Gasteiger partial charge in [-0.1, -0.05) is 18.2 Å². The zero-order valence-corrected chi connectivity index (χ0v) is 11.4. The molecule has 0 bridgehead atoms. The molecule has 0 radical (unpaired) electrons. The molecule has 1 aliphatic heterocycles. The monoisotopic (exact) mass is 249 g/mol. The van der Waals surface area contributed by atoms with Crippen molar-refractivity contribution in [2.75, 3.05) is 20.2 Å². The van der Waals surface area contributed by atoms with Crippen molar-refractivity contribution in [2.24, 2.45) is 5.92 Å². The summed E-state index contributed by atoms with van der Waals surface area (Å²) in [7, 11) is 2.00. The van der Waals surface area contributed by atoms with Gasteiger partial charge in [0.25, 0.3) is 0 Å². The van der Waals surface area contributed by atoms with Gasteiger partial charge in [-0.25, -0.2) is 5.43 Å². The highest BCUT2D eigenvalue weighted by atomic mass is 16.5. The normalized spacial score (nSPS) is 27.4. The zero-order chi connectivity index (χ0) is 13.0. The van der Waals surface area contributed by atoms with E-state index in [9.17, 15) is 0 Å². The smallest absolute Gasteiger partial charge is 0.124 e. The van der Waals surface area contributed by atoms with Gasteiger partial charge in [-0.3, -0.25) is 5.43 Å². The average Bonchev–Trinajstić information content (AvgIpc) is 2.73. The number of hydrogen-bond acceptors (Lipinski definition) is 4. The van der Waals surface area contributed by atoms with Crippen LogP contribution in [-0.4, -0.2) is 26.2 Å². The van der Waals surface area contributed by atoms with Crippen molar-refractivity contribution in [3.05, 3.63) is 29.8 Å². The van der Waals surface area contributed by atoms with Gasteiger partial charge in [0.2, 0.25) is 0 Å². The van der Waals surface area contributed by atoms with E-state index in [1.807, 2.05) is 26.1 Å². The maximum atomic E-state index is 5.72. The summed E-state index contributed by atoms with van der Waals surface area (Å²) in [5, 5.41) is 3.27. The van der Waals surface area contributed by atoms with Gasteiger partial charge in [0.05, 0.1) is 12.6 Å². The highest BCUT2D eigenvalue weighted by Gasteiger charge is 2.34. The van der Waals surface area contributed by atoms with Crippen molar-refractivity contribution < 1.29 is 4.74 Å². The molecule has 3 N–H and O–H groups in total. The molecule has 4 nitrogen and oxygen atoms in total. The van der Waals surface area contributed by atoms with E-state index in [0.717, 1.165) is 12.3 Å². The fourth-order valence-electron chi connectivity index (χ4n) is 2.59. The fraction of sp³-hybridized carbons (Fsp3) is 0.571. The molecule has 1 aromatic rings. The van der Waals surface area contributed by atoms with Crippen LogP contribution in [0.5, 0.6) is 5.75 Å². The van der Waals surface area contributed by atoms with Gasteiger partial charge >= 0.3 is 0 Å². The molecular formula is C14H23N3O. The van der Waals surface area contributed by atoms with Crippen LogP contribution < -0.4 is 20.9 Å². The molecule has 1 fully saturated rings. The predicted molar refractivity (Wildman–Crippen MR) is 73.5 cm³/mol. The van der Waals surface area contributed by atoms with Crippen LogP contribution in [0.3, 0.4) is 0 Å². The first-order valence-corrected chi connectivity index (χ1v) is 6.65. The van der Waals surface area contributed by atoms with Crippen LogP contribution in [0.2, 0.25) is 0 Å². The summed E-state index contributed by atoms with van der Waals surface area (Å²) in [6, 6.07) is 9.00. The Morgan fingerprint density at radius 3 is 2.78 bits per heavy atom. The molecule has 0 amide bonds. The summed E-state index contributed by atoms with van der Waals surface area (Å²) in [4.78, 5) is 0. The van der Waals surface area contributed by atoms with Crippen molar-refractivity contribution in [2.45, 2.75) is 25.9 Å². The fourth-order valence-corrected chi connectivity index (χ4v) is 2.59. The first-order chi connectivity index (χ1) is 8.77. The number of ether oxygens (including phenoxy) is 1. The van der Waals surface area contributed by atoms with Crippen LogP contribution in [-0.2, 0) is 0 Å². The van der Waals surface area contributed by atoms with Gasteiger partial charge in [-0.2, -0.15) is 0 Å². The van der Waals surface area contributed by atoms with Crippen LogP contribution in [0.15, 0.2) is 24.3 Å². The van der Waals surface area contributed by atoms with Gasteiger partial charge in [-0.05, 0) is 27.0 Å². The van der Waals surface area contributed by atoms with Gasteiger partial charge in [-0.15, -0.1) is 0 Å². The van der Waals surface area contributed by atoms with E-state index < -0.39 is 0 Å². The predicted octanol–water partition coefficient (Wildman–Crippen LogP) is 1.46. The first kappa shape index (κ1) is 13.3. The Kier molecular flexibility index (Phi) is 4.58. The highest BCUT2D eigenvalue weighted by molar-refractivity contribution is 5.37. The summed E-state index contributed by atoms with van der Waals surface area (Å²) >= 11 is 0. The molecule has 2 rings (SSSR count). The average molecular weight is 249 g/mol. The Balaban J connectivity index is 2.24. The Bertz CT molecular complexity index is 383. The van der Waals surface area contributed by atoms with E-state index >= 15 is 0 Å². The lowest BCUT2D eigenvalue weighted by Crippen LogP contribution is -2.31. The molecule has 0 spiro atoms. The van der Waals surface area contributed by atoms with E-state index in [-0.39, 0.29) is 6.04 Å². The minimum absolute atomic E-state index is 0.287. The summed E-state index contributed by atoms with van der Waals surface area (Å²) in [6.45, 7) is 5.90. The van der Waals surface area contributed by atoms with E-state index in [0.29, 0.717) is 18.6 Å². The molecule has 3 atom stereocenters. The summed E-state index contributed by atoms with van der Waals surface area (Å²) in [5.74, 6) is 1.49. The Morgan fingerprint density at radius 1 is 1.28 bits per heavy atom. The van der Waals surface area contributed by atoms with Gasteiger partial charge in [0, 0.05) is 24.1 Å². The molecule has 3 unspecified atom stereocenters. The molecule has 0 aliphatic carbocycles. The highest BCUT2D eigenvalue weighted by Crippen LogP contribution is 2.33. The van der Waals surface area contributed by atoms with Crippen molar-refractivity contribution in [1.82, 2.24) is 16.2 Å². The van der Waals surface area contributed by atoms with Gasteiger partial charge in [0.1, 0.15) is 5.75 Å². The third-order valence-electron chi connectivity index (χ3n) is 3.53.